The molecule has 0 saturated heterocycles. The van der Waals surface area contributed by atoms with Gasteiger partial charge in [0.15, 0.2) is 5.76 Å². The minimum absolute atomic E-state index is 0.0519. The highest BCUT2D eigenvalue weighted by atomic mass is 16.5. The first kappa shape index (κ1) is 26.4. The Kier molecular flexibility index (Phi) is 10.9. The van der Waals surface area contributed by atoms with Crippen molar-refractivity contribution in [1.82, 2.24) is 0 Å². The number of Topliss-reactive ketones (excluding diaryl/α,β-unsaturated/α-hetero) is 1. The van der Waals surface area contributed by atoms with Crippen LogP contribution in [0.15, 0.2) is 34.8 Å². The van der Waals surface area contributed by atoms with Gasteiger partial charge in [0, 0.05) is 18.9 Å². The van der Waals surface area contributed by atoms with Crippen LogP contribution in [0.25, 0.3) is 0 Å². The SMILES string of the molecule is COC1=C(OC)C(O)C(C/C=C(\C)CC/C=C(\C)CCCC(C)(C)OC)C(C)C1=O. The molecule has 0 saturated carbocycles. The topological polar surface area (TPSA) is 65.0 Å². The molecule has 0 bridgehead atoms. The summed E-state index contributed by atoms with van der Waals surface area (Å²) in [5.74, 6) is -0.235. The molecule has 1 aliphatic carbocycles. The molecule has 1 aliphatic rings. The van der Waals surface area contributed by atoms with E-state index in [-0.39, 0.29) is 34.7 Å². The van der Waals surface area contributed by atoms with Gasteiger partial charge in [0.05, 0.1) is 19.8 Å². The van der Waals surface area contributed by atoms with Gasteiger partial charge in [-0.15, -0.1) is 0 Å². The highest BCUT2D eigenvalue weighted by molar-refractivity contribution is 5.97. The maximum Gasteiger partial charge on any atom is 0.204 e. The lowest BCUT2D eigenvalue weighted by atomic mass is 9.77. The summed E-state index contributed by atoms with van der Waals surface area (Å²) in [6, 6.07) is 0. The van der Waals surface area contributed by atoms with Crippen molar-refractivity contribution >= 4 is 5.78 Å². The van der Waals surface area contributed by atoms with E-state index in [1.807, 2.05) is 6.92 Å². The van der Waals surface area contributed by atoms with Crippen molar-refractivity contribution in [2.75, 3.05) is 21.3 Å². The standard InChI is InChI=1S/C25H42O5/c1-17(13-10-16-25(4,5)30-8)11-9-12-18(2)14-15-20-19(3)21(26)23(28-6)24(29-7)22(20)27/h11,14,19-20,22,27H,9-10,12-13,15-16H2,1-8H3/b17-11+,18-14+. The van der Waals surface area contributed by atoms with E-state index in [9.17, 15) is 9.90 Å². The van der Waals surface area contributed by atoms with Gasteiger partial charge in [-0.05, 0) is 66.2 Å². The monoisotopic (exact) mass is 422 g/mol. The number of aliphatic hydroxyl groups excluding tert-OH is 1. The molecule has 0 aromatic rings. The molecule has 1 N–H and O–H groups in total. The van der Waals surface area contributed by atoms with Crippen molar-refractivity contribution in [2.45, 2.75) is 84.8 Å². The number of hydrogen-bond donors (Lipinski definition) is 1. The van der Waals surface area contributed by atoms with Crippen LogP contribution in [0.3, 0.4) is 0 Å². The molecule has 3 atom stereocenters. The van der Waals surface area contributed by atoms with Crippen LogP contribution in [-0.4, -0.2) is 43.9 Å². The maximum atomic E-state index is 12.5. The van der Waals surface area contributed by atoms with Crippen molar-refractivity contribution in [1.29, 1.82) is 0 Å². The summed E-state index contributed by atoms with van der Waals surface area (Å²) in [5.41, 5.74) is 2.63. The summed E-state index contributed by atoms with van der Waals surface area (Å²) in [4.78, 5) is 12.5. The van der Waals surface area contributed by atoms with Gasteiger partial charge in [-0.2, -0.15) is 0 Å². The lowest BCUT2D eigenvalue weighted by molar-refractivity contribution is -0.128. The number of methoxy groups -OCH3 is 3. The number of ether oxygens (including phenoxy) is 3. The van der Waals surface area contributed by atoms with Gasteiger partial charge in [0.25, 0.3) is 0 Å². The molecule has 0 amide bonds. The Hall–Kier alpha value is -1.59. The minimum Gasteiger partial charge on any atom is -0.494 e. The first-order chi connectivity index (χ1) is 14.1. The zero-order valence-corrected chi connectivity index (χ0v) is 20.2. The van der Waals surface area contributed by atoms with Crippen LogP contribution >= 0.6 is 0 Å². The van der Waals surface area contributed by atoms with Gasteiger partial charge >= 0.3 is 0 Å². The van der Waals surface area contributed by atoms with E-state index >= 15 is 0 Å². The van der Waals surface area contributed by atoms with Crippen molar-refractivity contribution in [3.63, 3.8) is 0 Å². The zero-order valence-electron chi connectivity index (χ0n) is 20.2. The Morgan fingerprint density at radius 1 is 1.07 bits per heavy atom. The largest absolute Gasteiger partial charge is 0.494 e. The van der Waals surface area contributed by atoms with E-state index < -0.39 is 6.10 Å². The molecule has 30 heavy (non-hydrogen) atoms. The zero-order chi connectivity index (χ0) is 22.9. The summed E-state index contributed by atoms with van der Waals surface area (Å²) >= 11 is 0. The number of rotatable bonds is 12. The van der Waals surface area contributed by atoms with Crippen LogP contribution in [0.5, 0.6) is 0 Å². The fourth-order valence-corrected chi connectivity index (χ4v) is 3.86. The number of aliphatic hydroxyl groups is 1. The van der Waals surface area contributed by atoms with Gasteiger partial charge in [0.2, 0.25) is 11.5 Å². The summed E-state index contributed by atoms with van der Waals surface area (Å²) in [6.45, 7) is 10.4. The van der Waals surface area contributed by atoms with Crippen LogP contribution in [0, 0.1) is 11.8 Å². The second-order valence-electron chi connectivity index (χ2n) is 9.06. The van der Waals surface area contributed by atoms with E-state index in [4.69, 9.17) is 14.2 Å². The van der Waals surface area contributed by atoms with E-state index in [0.717, 1.165) is 32.1 Å². The van der Waals surface area contributed by atoms with Crippen molar-refractivity contribution in [3.05, 3.63) is 34.8 Å². The third-order valence-electron chi connectivity index (χ3n) is 6.27. The normalized spacial score (nSPS) is 23.8. The van der Waals surface area contributed by atoms with Gasteiger partial charge in [-0.25, -0.2) is 0 Å². The summed E-state index contributed by atoms with van der Waals surface area (Å²) in [7, 11) is 4.66. The molecule has 172 valence electrons. The fraction of sp³-hybridized carbons (Fsp3) is 0.720. The predicted molar refractivity (Wildman–Crippen MR) is 121 cm³/mol. The van der Waals surface area contributed by atoms with Crippen LogP contribution in [0.1, 0.15) is 73.1 Å². The number of carbonyl (C=O) groups excluding carboxylic acids is 1. The Bertz CT molecular complexity index is 656. The van der Waals surface area contributed by atoms with Gasteiger partial charge in [0.1, 0.15) is 6.10 Å². The average Bonchev–Trinajstić information content (AvgIpc) is 2.70. The van der Waals surface area contributed by atoms with Crippen molar-refractivity contribution in [2.24, 2.45) is 11.8 Å². The second kappa shape index (κ2) is 12.3. The molecule has 0 aromatic heterocycles. The fourth-order valence-electron chi connectivity index (χ4n) is 3.86. The maximum absolute atomic E-state index is 12.5. The van der Waals surface area contributed by atoms with E-state index in [1.54, 1.807) is 7.11 Å². The molecule has 0 heterocycles. The van der Waals surface area contributed by atoms with Gasteiger partial charge < -0.3 is 19.3 Å². The number of carbonyl (C=O) groups is 1. The third-order valence-corrected chi connectivity index (χ3v) is 6.27. The first-order valence-corrected chi connectivity index (χ1v) is 11.0. The van der Waals surface area contributed by atoms with Crippen molar-refractivity contribution in [3.8, 4) is 0 Å². The summed E-state index contributed by atoms with van der Waals surface area (Å²) in [6.07, 6.45) is 9.51. The molecule has 0 fully saturated rings. The number of hydrogen-bond acceptors (Lipinski definition) is 5. The Morgan fingerprint density at radius 3 is 2.27 bits per heavy atom. The summed E-state index contributed by atoms with van der Waals surface area (Å²) in [5, 5.41) is 10.7. The Morgan fingerprint density at radius 2 is 1.70 bits per heavy atom. The molecule has 0 spiro atoms. The lowest BCUT2D eigenvalue weighted by Gasteiger charge is -2.33. The molecule has 0 radical (unpaired) electrons. The Balaban J connectivity index is 2.57. The number of ketones is 1. The molecule has 3 unspecified atom stereocenters. The molecular weight excluding hydrogens is 380 g/mol. The minimum atomic E-state index is -0.833. The quantitative estimate of drug-likeness (QED) is 0.430. The predicted octanol–water partition coefficient (Wildman–Crippen LogP) is 5.34. The van der Waals surface area contributed by atoms with E-state index in [0.29, 0.717) is 6.42 Å². The molecule has 5 heteroatoms. The van der Waals surface area contributed by atoms with Crippen LogP contribution in [0.4, 0.5) is 0 Å². The van der Waals surface area contributed by atoms with E-state index in [2.05, 4.69) is 39.8 Å². The molecular formula is C25H42O5. The molecule has 5 nitrogen and oxygen atoms in total. The van der Waals surface area contributed by atoms with Gasteiger partial charge in [-0.3, -0.25) is 4.79 Å². The smallest absolute Gasteiger partial charge is 0.204 e. The van der Waals surface area contributed by atoms with Gasteiger partial charge in [-0.1, -0.05) is 30.2 Å². The lowest BCUT2D eigenvalue weighted by Crippen LogP contribution is -2.40. The van der Waals surface area contributed by atoms with Crippen LogP contribution < -0.4 is 0 Å². The second-order valence-corrected chi connectivity index (χ2v) is 9.06. The highest BCUT2D eigenvalue weighted by Gasteiger charge is 2.42. The first-order valence-electron chi connectivity index (χ1n) is 11.0. The average molecular weight is 423 g/mol. The van der Waals surface area contributed by atoms with Crippen LogP contribution in [0.2, 0.25) is 0 Å². The number of allylic oxidation sites excluding steroid dienone is 5. The third kappa shape index (κ3) is 7.59. The molecule has 0 aliphatic heterocycles. The highest BCUT2D eigenvalue weighted by Crippen LogP contribution is 2.35. The Labute approximate surface area is 183 Å². The van der Waals surface area contributed by atoms with Crippen LogP contribution in [-0.2, 0) is 19.0 Å². The molecule has 0 aromatic carbocycles. The van der Waals surface area contributed by atoms with E-state index in [1.165, 1.54) is 25.4 Å². The summed E-state index contributed by atoms with van der Waals surface area (Å²) < 4.78 is 15.9. The van der Waals surface area contributed by atoms with Crippen molar-refractivity contribution < 1.29 is 24.1 Å². The molecule has 1 rings (SSSR count).